The van der Waals surface area contributed by atoms with Crippen LogP contribution in [0.1, 0.15) is 18.4 Å². The minimum atomic E-state index is -0.289. The van der Waals surface area contributed by atoms with Crippen LogP contribution < -0.4 is 0 Å². The summed E-state index contributed by atoms with van der Waals surface area (Å²) in [5.41, 5.74) is 0.499. The molecule has 1 aromatic rings. The zero-order valence-electron chi connectivity index (χ0n) is 9.12. The summed E-state index contributed by atoms with van der Waals surface area (Å²) in [5.74, 6) is -0.107. The maximum Gasteiger partial charge on any atom is 0.140 e. The van der Waals surface area contributed by atoms with Gasteiger partial charge in [0, 0.05) is 25.6 Å². The van der Waals surface area contributed by atoms with Crippen LogP contribution in [-0.4, -0.2) is 19.0 Å². The van der Waals surface area contributed by atoms with Crippen LogP contribution in [0, 0.1) is 11.7 Å². The second-order valence-corrected chi connectivity index (χ2v) is 4.12. The van der Waals surface area contributed by atoms with E-state index in [1.807, 2.05) is 0 Å². The molecule has 86 valence electrons. The Morgan fingerprint density at radius 1 is 1.31 bits per heavy atom. The van der Waals surface area contributed by atoms with Gasteiger partial charge < -0.3 is 4.74 Å². The molecule has 1 aliphatic rings. The molecule has 2 rings (SSSR count). The SMILES string of the molecule is O=C(Cc1ccccc1F)C1CCOCC1. The summed E-state index contributed by atoms with van der Waals surface area (Å²) in [4.78, 5) is 11.9. The molecule has 3 heteroatoms. The minimum Gasteiger partial charge on any atom is -0.381 e. The van der Waals surface area contributed by atoms with Crippen molar-refractivity contribution in [3.8, 4) is 0 Å². The first-order chi connectivity index (χ1) is 7.77. The monoisotopic (exact) mass is 222 g/mol. The molecule has 0 aliphatic carbocycles. The van der Waals surface area contributed by atoms with Crippen molar-refractivity contribution in [2.45, 2.75) is 19.3 Å². The van der Waals surface area contributed by atoms with Crippen molar-refractivity contribution in [3.63, 3.8) is 0 Å². The molecule has 0 saturated carbocycles. The number of Topliss-reactive ketones (excluding diaryl/α,β-unsaturated/α-hetero) is 1. The molecule has 0 unspecified atom stereocenters. The summed E-state index contributed by atoms with van der Waals surface area (Å²) in [5, 5.41) is 0. The second-order valence-electron chi connectivity index (χ2n) is 4.12. The van der Waals surface area contributed by atoms with Crippen LogP contribution >= 0.6 is 0 Å². The van der Waals surface area contributed by atoms with Gasteiger partial charge in [0.05, 0.1) is 0 Å². The second kappa shape index (κ2) is 5.21. The first kappa shape index (κ1) is 11.3. The van der Waals surface area contributed by atoms with E-state index in [2.05, 4.69) is 0 Å². The van der Waals surface area contributed by atoms with Crippen LogP contribution in [0.4, 0.5) is 4.39 Å². The molecule has 0 radical (unpaired) electrons. The number of rotatable bonds is 3. The van der Waals surface area contributed by atoms with Gasteiger partial charge in [-0.15, -0.1) is 0 Å². The lowest BCUT2D eigenvalue weighted by atomic mass is 9.91. The first-order valence-corrected chi connectivity index (χ1v) is 5.61. The fourth-order valence-corrected chi connectivity index (χ4v) is 1.99. The van der Waals surface area contributed by atoms with Gasteiger partial charge in [-0.25, -0.2) is 4.39 Å². The number of benzene rings is 1. The molecule has 1 fully saturated rings. The van der Waals surface area contributed by atoms with E-state index in [1.165, 1.54) is 6.07 Å². The van der Waals surface area contributed by atoms with E-state index in [1.54, 1.807) is 18.2 Å². The van der Waals surface area contributed by atoms with Gasteiger partial charge in [0.2, 0.25) is 0 Å². The van der Waals surface area contributed by atoms with E-state index in [-0.39, 0.29) is 23.9 Å². The molecule has 1 aromatic carbocycles. The normalized spacial score (nSPS) is 17.3. The van der Waals surface area contributed by atoms with E-state index in [9.17, 15) is 9.18 Å². The Hall–Kier alpha value is -1.22. The van der Waals surface area contributed by atoms with Crippen molar-refractivity contribution in [3.05, 3.63) is 35.6 Å². The lowest BCUT2D eigenvalue weighted by molar-refractivity contribution is -0.125. The highest BCUT2D eigenvalue weighted by atomic mass is 19.1. The summed E-state index contributed by atoms with van der Waals surface area (Å²) in [6, 6.07) is 6.46. The van der Waals surface area contributed by atoms with Gasteiger partial charge >= 0.3 is 0 Å². The third kappa shape index (κ3) is 2.67. The van der Waals surface area contributed by atoms with Gasteiger partial charge in [-0.05, 0) is 24.5 Å². The molecule has 1 aliphatic heterocycles. The van der Waals surface area contributed by atoms with Crippen molar-refractivity contribution < 1.29 is 13.9 Å². The van der Waals surface area contributed by atoms with Crippen LogP contribution in [0.2, 0.25) is 0 Å². The zero-order valence-corrected chi connectivity index (χ0v) is 9.12. The highest BCUT2D eigenvalue weighted by Gasteiger charge is 2.22. The van der Waals surface area contributed by atoms with Crippen molar-refractivity contribution in [1.82, 2.24) is 0 Å². The molecule has 1 saturated heterocycles. The van der Waals surface area contributed by atoms with E-state index in [4.69, 9.17) is 4.74 Å². The molecule has 0 bridgehead atoms. The average molecular weight is 222 g/mol. The predicted molar refractivity (Wildman–Crippen MR) is 58.7 cm³/mol. The number of halogens is 1. The van der Waals surface area contributed by atoms with Crippen LogP contribution in [0.5, 0.6) is 0 Å². The van der Waals surface area contributed by atoms with Crippen molar-refractivity contribution >= 4 is 5.78 Å². The van der Waals surface area contributed by atoms with Crippen LogP contribution in [0.25, 0.3) is 0 Å². The predicted octanol–water partition coefficient (Wildman–Crippen LogP) is 2.36. The first-order valence-electron chi connectivity index (χ1n) is 5.61. The third-order valence-electron chi connectivity index (χ3n) is 3.00. The summed E-state index contributed by atoms with van der Waals surface area (Å²) < 4.78 is 18.5. The Bertz CT molecular complexity index is 370. The van der Waals surface area contributed by atoms with E-state index in [0.29, 0.717) is 18.8 Å². The third-order valence-corrected chi connectivity index (χ3v) is 3.00. The van der Waals surface area contributed by atoms with Gasteiger partial charge in [-0.2, -0.15) is 0 Å². The molecule has 2 nitrogen and oxygen atoms in total. The summed E-state index contributed by atoms with van der Waals surface area (Å²) in [7, 11) is 0. The number of ketones is 1. The zero-order chi connectivity index (χ0) is 11.4. The maximum atomic E-state index is 13.3. The lowest BCUT2D eigenvalue weighted by Gasteiger charge is -2.20. The summed E-state index contributed by atoms with van der Waals surface area (Å²) in [6.07, 6.45) is 1.75. The van der Waals surface area contributed by atoms with E-state index >= 15 is 0 Å². The largest absolute Gasteiger partial charge is 0.381 e. The van der Waals surface area contributed by atoms with Gasteiger partial charge in [0.1, 0.15) is 11.6 Å². The number of carbonyl (C=O) groups excluding carboxylic acids is 1. The van der Waals surface area contributed by atoms with Crippen molar-refractivity contribution in [1.29, 1.82) is 0 Å². The highest BCUT2D eigenvalue weighted by Crippen LogP contribution is 2.18. The number of ether oxygens (including phenoxy) is 1. The Labute approximate surface area is 94.4 Å². The quantitative estimate of drug-likeness (QED) is 0.784. The van der Waals surface area contributed by atoms with Gasteiger partial charge in [-0.1, -0.05) is 18.2 Å². The Kier molecular flexibility index (Phi) is 3.67. The van der Waals surface area contributed by atoms with Crippen LogP contribution in [0.3, 0.4) is 0 Å². The molecular formula is C13H15FO2. The van der Waals surface area contributed by atoms with Crippen molar-refractivity contribution in [2.75, 3.05) is 13.2 Å². The Morgan fingerprint density at radius 2 is 2.00 bits per heavy atom. The molecule has 16 heavy (non-hydrogen) atoms. The molecule has 0 atom stereocenters. The van der Waals surface area contributed by atoms with Gasteiger partial charge in [0.15, 0.2) is 0 Å². The number of carbonyl (C=O) groups is 1. The van der Waals surface area contributed by atoms with E-state index < -0.39 is 0 Å². The van der Waals surface area contributed by atoms with E-state index in [0.717, 1.165) is 12.8 Å². The molecular weight excluding hydrogens is 207 g/mol. The highest BCUT2D eigenvalue weighted by molar-refractivity contribution is 5.83. The topological polar surface area (TPSA) is 26.3 Å². The lowest BCUT2D eigenvalue weighted by Crippen LogP contribution is -2.24. The Morgan fingerprint density at radius 3 is 2.69 bits per heavy atom. The van der Waals surface area contributed by atoms with Gasteiger partial charge in [-0.3, -0.25) is 4.79 Å². The average Bonchev–Trinajstić information content (AvgIpc) is 2.33. The number of hydrogen-bond acceptors (Lipinski definition) is 2. The van der Waals surface area contributed by atoms with Crippen molar-refractivity contribution in [2.24, 2.45) is 5.92 Å². The smallest absolute Gasteiger partial charge is 0.140 e. The molecule has 1 heterocycles. The van der Waals surface area contributed by atoms with Crippen LogP contribution in [0.15, 0.2) is 24.3 Å². The standard InChI is InChI=1S/C13H15FO2/c14-12-4-2-1-3-11(12)9-13(15)10-5-7-16-8-6-10/h1-4,10H,5-9H2. The fraction of sp³-hybridized carbons (Fsp3) is 0.462. The van der Waals surface area contributed by atoms with Crippen LogP contribution in [-0.2, 0) is 16.0 Å². The molecule has 0 N–H and O–H groups in total. The maximum absolute atomic E-state index is 13.3. The molecule has 0 spiro atoms. The molecule has 0 amide bonds. The fourth-order valence-electron chi connectivity index (χ4n) is 1.99. The summed E-state index contributed by atoms with van der Waals surface area (Å²) >= 11 is 0. The summed E-state index contributed by atoms with van der Waals surface area (Å²) in [6.45, 7) is 1.29. The number of hydrogen-bond donors (Lipinski definition) is 0. The van der Waals surface area contributed by atoms with Gasteiger partial charge in [0.25, 0.3) is 0 Å². The Balaban J connectivity index is 1.99. The molecule has 0 aromatic heterocycles. The minimum absolute atomic E-state index is 0.0494.